The molecule has 0 heterocycles. The molecule has 11 heavy (non-hydrogen) atoms. The van der Waals surface area contributed by atoms with Crippen LogP contribution in [0.3, 0.4) is 0 Å². The maximum Gasteiger partial charge on any atom is 0 e. The van der Waals surface area contributed by atoms with E-state index in [4.69, 9.17) is 0 Å². The predicted octanol–water partition coefficient (Wildman–Crippen LogP) is 2.42. The molecule has 0 fully saturated rings. The third-order valence-electron chi connectivity index (χ3n) is 0.894. The normalized spacial score (nSPS) is 7.64. The van der Waals surface area contributed by atoms with Crippen molar-refractivity contribution in [3.05, 3.63) is 10.6 Å². The molecule has 0 aliphatic rings. The first-order chi connectivity index (χ1) is 4.83. The Labute approximate surface area is 82.5 Å². The van der Waals surface area contributed by atoms with E-state index in [1.807, 2.05) is 27.7 Å². The van der Waals surface area contributed by atoms with Crippen LogP contribution in [0, 0.1) is 0 Å². The topological polar surface area (TPSA) is 28.2 Å². The maximum absolute atomic E-state index is 3.97. The second kappa shape index (κ2) is 22.4. The van der Waals surface area contributed by atoms with Crippen molar-refractivity contribution in [2.75, 3.05) is 26.2 Å². The van der Waals surface area contributed by atoms with E-state index >= 15 is 0 Å². The Morgan fingerprint density at radius 2 is 0.818 bits per heavy atom. The van der Waals surface area contributed by atoms with Gasteiger partial charge >= 0.3 is 0 Å². The fraction of sp³-hybridized carbons (Fsp3) is 1.00. The van der Waals surface area contributed by atoms with Gasteiger partial charge in [0.25, 0.3) is 0 Å². The summed E-state index contributed by atoms with van der Waals surface area (Å²) in [5, 5.41) is 7.94. The molecule has 0 rings (SSSR count). The molecule has 0 saturated heterocycles. The van der Waals surface area contributed by atoms with E-state index in [1.54, 1.807) is 0 Å². The molecule has 0 aliphatic carbocycles. The van der Waals surface area contributed by atoms with Crippen LogP contribution in [0.15, 0.2) is 0 Å². The number of rotatable bonds is 4. The van der Waals surface area contributed by atoms with Gasteiger partial charge in [-0.15, -0.1) is 0 Å². The monoisotopic (exact) mass is 218 g/mol. The zero-order valence-corrected chi connectivity index (χ0v) is 10.3. The van der Waals surface area contributed by atoms with Gasteiger partial charge in [-0.1, -0.05) is 27.7 Å². The summed E-state index contributed by atoms with van der Waals surface area (Å²) >= 11 is 0. The molecular weight excluding hydrogens is 197 g/mol. The van der Waals surface area contributed by atoms with Crippen molar-refractivity contribution in [2.24, 2.45) is 0 Å². The van der Waals surface area contributed by atoms with Crippen molar-refractivity contribution in [3.8, 4) is 0 Å². The summed E-state index contributed by atoms with van der Waals surface area (Å²) in [5.74, 6) is 0. The van der Waals surface area contributed by atoms with Gasteiger partial charge in [0.2, 0.25) is 0 Å². The Bertz CT molecular complexity index is 33.1. The molecule has 2 nitrogen and oxygen atoms in total. The van der Waals surface area contributed by atoms with E-state index in [9.17, 15) is 0 Å². The van der Waals surface area contributed by atoms with Gasteiger partial charge in [-0.2, -0.15) is 26.2 Å². The summed E-state index contributed by atoms with van der Waals surface area (Å²) in [4.78, 5) is 0. The second-order valence-electron chi connectivity index (χ2n) is 1.71. The maximum atomic E-state index is 3.97. The Balaban J connectivity index is -0.000000107. The summed E-state index contributed by atoms with van der Waals surface area (Å²) in [6.45, 7) is 12.1. The van der Waals surface area contributed by atoms with Crippen LogP contribution in [-0.4, -0.2) is 43.8 Å². The minimum atomic E-state index is 0. The Hall–Kier alpha value is 0.463. The number of nitrogens with zero attached hydrogens (tertiary/aromatic N) is 2. The van der Waals surface area contributed by atoms with Crippen molar-refractivity contribution in [3.63, 3.8) is 0 Å². The predicted molar refractivity (Wildman–Crippen MR) is 54.6 cm³/mol. The average molecular weight is 217 g/mol. The molecule has 0 aromatic rings. The molecular formula is C8H20GeN2-2. The van der Waals surface area contributed by atoms with Crippen LogP contribution in [0.1, 0.15) is 27.7 Å². The molecule has 0 aromatic heterocycles. The second-order valence-corrected chi connectivity index (χ2v) is 1.71. The van der Waals surface area contributed by atoms with E-state index in [0.29, 0.717) is 0 Å². The Kier molecular flexibility index (Phi) is 35.7. The molecule has 0 amide bonds. The van der Waals surface area contributed by atoms with E-state index in [0.717, 1.165) is 26.2 Å². The standard InChI is InChI=1S/2C4H10N.Ge/c2*1-3-5-4-2;/h2*3-4H2,1-2H3;/q2*-1;. The van der Waals surface area contributed by atoms with Gasteiger partial charge in [0.05, 0.1) is 0 Å². The Morgan fingerprint density at radius 3 is 0.818 bits per heavy atom. The first-order valence-electron chi connectivity index (χ1n) is 4.09. The zero-order chi connectivity index (χ0) is 8.24. The minimum absolute atomic E-state index is 0. The van der Waals surface area contributed by atoms with Crippen LogP contribution < -0.4 is 0 Å². The third kappa shape index (κ3) is 37.6. The van der Waals surface area contributed by atoms with Gasteiger partial charge in [0.15, 0.2) is 0 Å². The van der Waals surface area contributed by atoms with Crippen molar-refractivity contribution in [1.82, 2.24) is 0 Å². The molecule has 0 saturated carbocycles. The first kappa shape index (κ1) is 17.5. The van der Waals surface area contributed by atoms with Crippen LogP contribution >= 0.6 is 0 Å². The van der Waals surface area contributed by atoms with Gasteiger partial charge in [-0.25, -0.2) is 0 Å². The zero-order valence-electron chi connectivity index (χ0n) is 8.22. The SMILES string of the molecule is CC[N-]CC.CC[N-]CC.[Ge]. The Morgan fingerprint density at radius 1 is 0.636 bits per heavy atom. The quantitative estimate of drug-likeness (QED) is 0.646. The van der Waals surface area contributed by atoms with Crippen LogP contribution in [0.5, 0.6) is 0 Å². The van der Waals surface area contributed by atoms with Crippen molar-refractivity contribution < 1.29 is 0 Å². The van der Waals surface area contributed by atoms with Gasteiger partial charge in [-0.3, -0.25) is 0 Å². The smallest absolute Gasteiger partial charge is 0 e. The van der Waals surface area contributed by atoms with Crippen molar-refractivity contribution in [1.29, 1.82) is 0 Å². The van der Waals surface area contributed by atoms with E-state index in [2.05, 4.69) is 10.6 Å². The van der Waals surface area contributed by atoms with Crippen LogP contribution in [0.25, 0.3) is 10.6 Å². The van der Waals surface area contributed by atoms with Gasteiger partial charge in [-0.05, 0) is 0 Å². The van der Waals surface area contributed by atoms with Crippen molar-refractivity contribution in [2.45, 2.75) is 27.7 Å². The van der Waals surface area contributed by atoms with Crippen LogP contribution in [0.4, 0.5) is 0 Å². The molecule has 0 aromatic carbocycles. The fourth-order valence-corrected chi connectivity index (χ4v) is 0.447. The molecule has 68 valence electrons. The van der Waals surface area contributed by atoms with Gasteiger partial charge < -0.3 is 10.6 Å². The van der Waals surface area contributed by atoms with Crippen LogP contribution in [0.2, 0.25) is 0 Å². The third-order valence-corrected chi connectivity index (χ3v) is 0.894. The minimum Gasteiger partial charge on any atom is -0.663 e. The molecule has 4 radical (unpaired) electrons. The van der Waals surface area contributed by atoms with E-state index in [-0.39, 0.29) is 17.6 Å². The summed E-state index contributed by atoms with van der Waals surface area (Å²) in [6, 6.07) is 0. The largest absolute Gasteiger partial charge is 0.663 e. The molecule has 0 aliphatic heterocycles. The summed E-state index contributed by atoms with van der Waals surface area (Å²) in [6.07, 6.45) is 0. The molecule has 0 unspecified atom stereocenters. The summed E-state index contributed by atoms with van der Waals surface area (Å²) in [7, 11) is 0. The molecule has 0 spiro atoms. The molecule has 0 N–H and O–H groups in total. The molecule has 3 heteroatoms. The summed E-state index contributed by atoms with van der Waals surface area (Å²) < 4.78 is 0. The number of hydrogen-bond acceptors (Lipinski definition) is 0. The molecule has 0 atom stereocenters. The molecule has 0 bridgehead atoms. The number of hydrogen-bond donors (Lipinski definition) is 0. The van der Waals surface area contributed by atoms with Gasteiger partial charge in [0, 0.05) is 17.6 Å². The fourth-order valence-electron chi connectivity index (χ4n) is 0.447. The van der Waals surface area contributed by atoms with Gasteiger partial charge in [0.1, 0.15) is 0 Å². The van der Waals surface area contributed by atoms with E-state index in [1.165, 1.54) is 0 Å². The summed E-state index contributed by atoms with van der Waals surface area (Å²) in [5.41, 5.74) is 0. The average Bonchev–Trinajstić information content (AvgIpc) is 1.93. The van der Waals surface area contributed by atoms with Crippen molar-refractivity contribution >= 4 is 17.6 Å². The first-order valence-corrected chi connectivity index (χ1v) is 4.09. The van der Waals surface area contributed by atoms with E-state index < -0.39 is 0 Å². The van der Waals surface area contributed by atoms with Crippen LogP contribution in [-0.2, 0) is 0 Å².